The van der Waals surface area contributed by atoms with E-state index >= 15 is 0 Å². The van der Waals surface area contributed by atoms with Crippen molar-refractivity contribution in [2.45, 2.75) is 19.4 Å². The molecule has 0 spiro atoms. The molecule has 112 valence electrons. The molecular formula is C16H18BrFN2O. The average molecular weight is 353 g/mol. The highest BCUT2D eigenvalue weighted by Crippen LogP contribution is 2.27. The molecule has 1 unspecified atom stereocenters. The van der Waals surface area contributed by atoms with Crippen molar-refractivity contribution in [1.82, 2.24) is 10.3 Å². The molecule has 1 aromatic carbocycles. The summed E-state index contributed by atoms with van der Waals surface area (Å²) in [6.07, 6.45) is 2.22. The molecule has 0 aliphatic carbocycles. The van der Waals surface area contributed by atoms with Crippen LogP contribution in [0.15, 0.2) is 41.0 Å². The minimum Gasteiger partial charge on any atom is -0.481 e. The zero-order valence-electron chi connectivity index (χ0n) is 12.1. The van der Waals surface area contributed by atoms with Crippen molar-refractivity contribution in [3.63, 3.8) is 0 Å². The van der Waals surface area contributed by atoms with E-state index in [4.69, 9.17) is 4.74 Å². The number of nitrogens with zero attached hydrogens (tertiary/aromatic N) is 1. The Morgan fingerprint density at radius 1 is 1.38 bits per heavy atom. The molecular weight excluding hydrogens is 335 g/mol. The van der Waals surface area contributed by atoms with E-state index in [9.17, 15) is 4.39 Å². The Hall–Kier alpha value is -1.46. The average Bonchev–Trinajstić information content (AvgIpc) is 2.49. The van der Waals surface area contributed by atoms with Crippen LogP contribution < -0.4 is 10.1 Å². The van der Waals surface area contributed by atoms with Gasteiger partial charge in [-0.1, -0.05) is 35.0 Å². The molecule has 0 amide bonds. The number of rotatable bonds is 6. The van der Waals surface area contributed by atoms with Crippen LogP contribution in [0.25, 0.3) is 0 Å². The number of hydrogen-bond donors (Lipinski definition) is 1. The van der Waals surface area contributed by atoms with E-state index in [0.717, 1.165) is 16.6 Å². The highest BCUT2D eigenvalue weighted by Gasteiger charge is 2.18. The zero-order valence-corrected chi connectivity index (χ0v) is 13.7. The van der Waals surface area contributed by atoms with Gasteiger partial charge in [-0.25, -0.2) is 9.37 Å². The SMILES string of the molecule is CCNC(Cc1ccc(Br)cc1F)c1cccnc1OC. The Morgan fingerprint density at radius 2 is 2.19 bits per heavy atom. The number of nitrogens with one attached hydrogen (secondary N) is 1. The van der Waals surface area contributed by atoms with Crippen molar-refractivity contribution in [3.8, 4) is 5.88 Å². The minimum atomic E-state index is -0.213. The monoisotopic (exact) mass is 352 g/mol. The second kappa shape index (κ2) is 7.52. The number of likely N-dealkylation sites (N-methyl/N-ethyl adjacent to an activating group) is 1. The molecule has 0 aliphatic rings. The van der Waals surface area contributed by atoms with Gasteiger partial charge in [0.2, 0.25) is 5.88 Å². The lowest BCUT2D eigenvalue weighted by atomic mass is 9.99. The number of pyridine rings is 1. The van der Waals surface area contributed by atoms with Gasteiger partial charge in [0, 0.05) is 22.3 Å². The van der Waals surface area contributed by atoms with Crippen molar-refractivity contribution in [2.24, 2.45) is 0 Å². The number of ether oxygens (including phenoxy) is 1. The van der Waals surface area contributed by atoms with Gasteiger partial charge in [-0.2, -0.15) is 0 Å². The van der Waals surface area contributed by atoms with E-state index in [-0.39, 0.29) is 11.9 Å². The summed E-state index contributed by atoms with van der Waals surface area (Å²) in [5.41, 5.74) is 1.60. The summed E-state index contributed by atoms with van der Waals surface area (Å²) in [5.74, 6) is 0.358. The maximum absolute atomic E-state index is 14.0. The molecule has 2 aromatic rings. The molecule has 0 saturated heterocycles. The fraction of sp³-hybridized carbons (Fsp3) is 0.312. The number of aromatic nitrogens is 1. The van der Waals surface area contributed by atoms with Crippen LogP contribution in [0.2, 0.25) is 0 Å². The van der Waals surface area contributed by atoms with Crippen molar-refractivity contribution in [1.29, 1.82) is 0 Å². The summed E-state index contributed by atoms with van der Waals surface area (Å²) in [7, 11) is 1.59. The lowest BCUT2D eigenvalue weighted by Gasteiger charge is -2.20. The number of hydrogen-bond acceptors (Lipinski definition) is 3. The molecule has 1 atom stereocenters. The van der Waals surface area contributed by atoms with Crippen molar-refractivity contribution < 1.29 is 9.13 Å². The van der Waals surface area contributed by atoms with Crippen LogP contribution in [0, 0.1) is 5.82 Å². The summed E-state index contributed by atoms with van der Waals surface area (Å²) >= 11 is 3.28. The van der Waals surface area contributed by atoms with Gasteiger partial charge in [-0.15, -0.1) is 0 Å². The van der Waals surface area contributed by atoms with E-state index in [1.54, 1.807) is 19.4 Å². The molecule has 0 bridgehead atoms. The van der Waals surface area contributed by atoms with Gasteiger partial charge >= 0.3 is 0 Å². The van der Waals surface area contributed by atoms with Gasteiger partial charge in [-0.3, -0.25) is 0 Å². The lowest BCUT2D eigenvalue weighted by molar-refractivity contribution is 0.382. The molecule has 3 nitrogen and oxygen atoms in total. The summed E-state index contributed by atoms with van der Waals surface area (Å²) in [5, 5.41) is 3.37. The van der Waals surface area contributed by atoms with Crippen LogP contribution in [0.5, 0.6) is 5.88 Å². The maximum atomic E-state index is 14.0. The highest BCUT2D eigenvalue weighted by atomic mass is 79.9. The fourth-order valence-electron chi connectivity index (χ4n) is 2.28. The van der Waals surface area contributed by atoms with E-state index in [0.29, 0.717) is 17.9 Å². The normalized spacial score (nSPS) is 12.2. The van der Waals surface area contributed by atoms with Gasteiger partial charge in [-0.05, 0) is 36.7 Å². The quantitative estimate of drug-likeness (QED) is 0.856. The number of benzene rings is 1. The Labute approximate surface area is 132 Å². The van der Waals surface area contributed by atoms with Crippen LogP contribution in [0.1, 0.15) is 24.1 Å². The Kier molecular flexibility index (Phi) is 5.70. The first-order chi connectivity index (χ1) is 10.2. The molecule has 0 radical (unpaired) electrons. The molecule has 0 saturated carbocycles. The zero-order chi connectivity index (χ0) is 15.2. The summed E-state index contributed by atoms with van der Waals surface area (Å²) in [4.78, 5) is 4.22. The van der Waals surface area contributed by atoms with Crippen LogP contribution in [0.3, 0.4) is 0 Å². The molecule has 5 heteroatoms. The van der Waals surface area contributed by atoms with Gasteiger partial charge in [0.1, 0.15) is 5.82 Å². The van der Waals surface area contributed by atoms with Crippen LogP contribution in [-0.4, -0.2) is 18.6 Å². The predicted octanol–water partition coefficient (Wildman–Crippen LogP) is 3.89. The molecule has 1 N–H and O–H groups in total. The highest BCUT2D eigenvalue weighted by molar-refractivity contribution is 9.10. The van der Waals surface area contributed by atoms with E-state index in [2.05, 4.69) is 26.2 Å². The molecule has 1 heterocycles. The smallest absolute Gasteiger partial charge is 0.217 e. The third-order valence-electron chi connectivity index (χ3n) is 3.26. The summed E-state index contributed by atoms with van der Waals surface area (Å²) < 4.78 is 20.1. The standard InChI is InChI=1S/C16H18BrFN2O/c1-3-19-15(13-5-4-8-20-16(13)21-2)9-11-6-7-12(17)10-14(11)18/h4-8,10,15,19H,3,9H2,1-2H3. The third-order valence-corrected chi connectivity index (χ3v) is 3.75. The van der Waals surface area contributed by atoms with E-state index in [1.807, 2.05) is 25.1 Å². The first kappa shape index (κ1) is 15.9. The molecule has 0 aliphatic heterocycles. The Balaban J connectivity index is 2.30. The van der Waals surface area contributed by atoms with Gasteiger partial charge in [0.05, 0.1) is 7.11 Å². The van der Waals surface area contributed by atoms with E-state index in [1.165, 1.54) is 6.07 Å². The van der Waals surface area contributed by atoms with Gasteiger partial charge in [0.15, 0.2) is 0 Å². The van der Waals surface area contributed by atoms with Crippen molar-refractivity contribution in [3.05, 3.63) is 57.9 Å². The largest absolute Gasteiger partial charge is 0.481 e. The third kappa shape index (κ3) is 4.02. The second-order valence-corrected chi connectivity index (χ2v) is 5.57. The second-order valence-electron chi connectivity index (χ2n) is 4.65. The van der Waals surface area contributed by atoms with Crippen molar-refractivity contribution >= 4 is 15.9 Å². The van der Waals surface area contributed by atoms with Crippen LogP contribution in [-0.2, 0) is 6.42 Å². The first-order valence-corrected chi connectivity index (χ1v) is 7.61. The van der Waals surface area contributed by atoms with Crippen LogP contribution >= 0.6 is 15.9 Å². The number of halogens is 2. The Bertz CT molecular complexity index is 607. The maximum Gasteiger partial charge on any atom is 0.217 e. The molecule has 0 fully saturated rings. The minimum absolute atomic E-state index is 0.0469. The Morgan fingerprint density at radius 3 is 2.86 bits per heavy atom. The van der Waals surface area contributed by atoms with Crippen molar-refractivity contribution in [2.75, 3.05) is 13.7 Å². The van der Waals surface area contributed by atoms with E-state index < -0.39 is 0 Å². The fourth-order valence-corrected chi connectivity index (χ4v) is 2.62. The molecule has 2 rings (SSSR count). The molecule has 21 heavy (non-hydrogen) atoms. The summed E-state index contributed by atoms with van der Waals surface area (Å²) in [6, 6.07) is 8.90. The summed E-state index contributed by atoms with van der Waals surface area (Å²) in [6.45, 7) is 2.80. The van der Waals surface area contributed by atoms with Crippen LogP contribution in [0.4, 0.5) is 4.39 Å². The molecule has 1 aromatic heterocycles. The topological polar surface area (TPSA) is 34.2 Å². The lowest BCUT2D eigenvalue weighted by Crippen LogP contribution is -2.24. The first-order valence-electron chi connectivity index (χ1n) is 6.82. The van der Waals surface area contributed by atoms with Gasteiger partial charge in [0.25, 0.3) is 0 Å². The van der Waals surface area contributed by atoms with Gasteiger partial charge < -0.3 is 10.1 Å². The number of methoxy groups -OCH3 is 1. The predicted molar refractivity (Wildman–Crippen MR) is 85.0 cm³/mol.